The molecule has 6 heteroatoms. The fourth-order valence-corrected chi connectivity index (χ4v) is 2.32. The van der Waals surface area contributed by atoms with Gasteiger partial charge in [-0.25, -0.2) is 4.98 Å². The molecule has 0 aliphatic carbocycles. The topological polar surface area (TPSA) is 66.2 Å². The lowest BCUT2D eigenvalue weighted by atomic mass is 10.2. The van der Waals surface area contributed by atoms with Crippen LogP contribution in [-0.2, 0) is 0 Å². The lowest BCUT2D eigenvalue weighted by molar-refractivity contribution is 0.0923. The van der Waals surface area contributed by atoms with Gasteiger partial charge in [0.15, 0.2) is 11.6 Å². The Kier molecular flexibility index (Phi) is 4.29. The molecule has 1 aromatic heterocycles. The summed E-state index contributed by atoms with van der Waals surface area (Å²) in [5, 5.41) is 4.34. The third-order valence-electron chi connectivity index (χ3n) is 3.60. The second-order valence-electron chi connectivity index (χ2n) is 5.15. The van der Waals surface area contributed by atoms with E-state index in [4.69, 9.17) is 9.47 Å². The van der Waals surface area contributed by atoms with Crippen molar-refractivity contribution in [2.24, 2.45) is 0 Å². The number of ether oxygens (including phenoxy) is 2. The van der Waals surface area contributed by atoms with Gasteiger partial charge in [0.25, 0.3) is 0 Å². The first-order valence-corrected chi connectivity index (χ1v) is 7.39. The third-order valence-corrected chi connectivity index (χ3v) is 3.60. The number of benzene rings is 2. The fraction of sp³-hybridized carbons (Fsp3) is 0.167. The van der Waals surface area contributed by atoms with Crippen LogP contribution in [0.15, 0.2) is 48.5 Å². The third kappa shape index (κ3) is 2.99. The molecular formula is C18H17N3O3. The van der Waals surface area contributed by atoms with Gasteiger partial charge in [0.1, 0.15) is 11.5 Å². The van der Waals surface area contributed by atoms with Crippen molar-refractivity contribution in [2.75, 3.05) is 14.2 Å². The number of carbonyl (C=O) groups excluding carboxylic acids is 1. The van der Waals surface area contributed by atoms with Gasteiger partial charge in [-0.1, -0.05) is 0 Å². The number of rotatable bonds is 4. The molecule has 0 aliphatic rings. The van der Waals surface area contributed by atoms with Gasteiger partial charge in [0.05, 0.1) is 14.2 Å². The van der Waals surface area contributed by atoms with Gasteiger partial charge in [0, 0.05) is 18.1 Å². The van der Waals surface area contributed by atoms with Crippen LogP contribution in [0.5, 0.6) is 11.5 Å². The molecule has 0 saturated carbocycles. The highest BCUT2D eigenvalue weighted by atomic mass is 16.5. The highest BCUT2D eigenvalue weighted by molar-refractivity contribution is 5.81. The second kappa shape index (κ2) is 6.54. The maximum atomic E-state index is 11.9. The summed E-state index contributed by atoms with van der Waals surface area (Å²) >= 11 is 0. The number of hydrogen-bond donors (Lipinski definition) is 0. The Bertz CT molecular complexity index is 852. The van der Waals surface area contributed by atoms with Gasteiger partial charge in [-0.2, -0.15) is 4.68 Å². The Hall–Kier alpha value is -3.15. The molecule has 3 rings (SSSR count). The lowest BCUT2D eigenvalue weighted by Gasteiger charge is -2.03. The highest BCUT2D eigenvalue weighted by Crippen LogP contribution is 2.25. The van der Waals surface area contributed by atoms with Crippen LogP contribution in [0.25, 0.3) is 22.8 Å². The molecule has 0 bridgehead atoms. The van der Waals surface area contributed by atoms with Crippen molar-refractivity contribution in [3.63, 3.8) is 0 Å². The van der Waals surface area contributed by atoms with Crippen LogP contribution in [0.2, 0.25) is 0 Å². The van der Waals surface area contributed by atoms with E-state index in [-0.39, 0.29) is 5.91 Å². The first kappa shape index (κ1) is 15.7. The molecule has 0 radical (unpaired) electrons. The molecule has 3 aromatic rings. The second-order valence-corrected chi connectivity index (χ2v) is 5.15. The van der Waals surface area contributed by atoms with E-state index in [0.717, 1.165) is 22.6 Å². The molecule has 0 spiro atoms. The van der Waals surface area contributed by atoms with Crippen LogP contribution >= 0.6 is 0 Å². The van der Waals surface area contributed by atoms with Gasteiger partial charge in [-0.05, 0) is 48.5 Å². The van der Waals surface area contributed by atoms with Crippen molar-refractivity contribution in [1.29, 1.82) is 0 Å². The molecule has 0 saturated heterocycles. The fourth-order valence-electron chi connectivity index (χ4n) is 2.32. The van der Waals surface area contributed by atoms with Gasteiger partial charge in [-0.3, -0.25) is 4.79 Å². The zero-order chi connectivity index (χ0) is 17.1. The van der Waals surface area contributed by atoms with E-state index in [2.05, 4.69) is 10.1 Å². The largest absolute Gasteiger partial charge is 0.497 e. The van der Waals surface area contributed by atoms with Crippen molar-refractivity contribution >= 4 is 5.91 Å². The van der Waals surface area contributed by atoms with Crippen molar-refractivity contribution < 1.29 is 14.3 Å². The van der Waals surface area contributed by atoms with Crippen LogP contribution in [-0.4, -0.2) is 34.9 Å². The summed E-state index contributed by atoms with van der Waals surface area (Å²) in [6.07, 6.45) is 0. The molecule has 24 heavy (non-hydrogen) atoms. The Morgan fingerprint density at radius 3 is 1.83 bits per heavy atom. The molecule has 6 nitrogen and oxygen atoms in total. The summed E-state index contributed by atoms with van der Waals surface area (Å²) in [7, 11) is 3.22. The molecule has 2 aromatic carbocycles. The predicted octanol–water partition coefficient (Wildman–Crippen LogP) is 3.29. The van der Waals surface area contributed by atoms with E-state index in [0.29, 0.717) is 11.6 Å². The molecule has 0 amide bonds. The number of nitrogens with zero attached hydrogens (tertiary/aromatic N) is 3. The normalized spacial score (nSPS) is 10.5. The Balaban J connectivity index is 2.05. The van der Waals surface area contributed by atoms with Crippen LogP contribution in [0.1, 0.15) is 11.7 Å². The first-order chi connectivity index (χ1) is 11.6. The van der Waals surface area contributed by atoms with Crippen LogP contribution in [0, 0.1) is 0 Å². The summed E-state index contributed by atoms with van der Waals surface area (Å²) in [4.78, 5) is 16.5. The van der Waals surface area contributed by atoms with Gasteiger partial charge < -0.3 is 9.47 Å². The quantitative estimate of drug-likeness (QED) is 0.737. The average molecular weight is 323 g/mol. The smallest absolute Gasteiger partial charge is 0.245 e. The number of hydrogen-bond acceptors (Lipinski definition) is 5. The van der Waals surface area contributed by atoms with Gasteiger partial charge in [-0.15, -0.1) is 5.10 Å². The maximum Gasteiger partial charge on any atom is 0.245 e. The Morgan fingerprint density at radius 2 is 1.38 bits per heavy atom. The van der Waals surface area contributed by atoms with Crippen LogP contribution < -0.4 is 9.47 Å². The highest BCUT2D eigenvalue weighted by Gasteiger charge is 2.16. The van der Waals surface area contributed by atoms with Crippen LogP contribution in [0.3, 0.4) is 0 Å². The average Bonchev–Trinajstić information content (AvgIpc) is 3.07. The SMILES string of the molecule is COc1ccc(-c2nc(-c3ccc(OC)cc3)n(C(C)=O)n2)cc1. The number of carbonyl (C=O) groups is 1. The van der Waals surface area contributed by atoms with Gasteiger partial charge >= 0.3 is 0 Å². The summed E-state index contributed by atoms with van der Waals surface area (Å²) in [5.41, 5.74) is 1.60. The van der Waals surface area contributed by atoms with E-state index in [9.17, 15) is 4.79 Å². The molecular weight excluding hydrogens is 306 g/mol. The Morgan fingerprint density at radius 1 is 0.875 bits per heavy atom. The van der Waals surface area contributed by atoms with Crippen LogP contribution in [0.4, 0.5) is 0 Å². The minimum Gasteiger partial charge on any atom is -0.497 e. The van der Waals surface area contributed by atoms with Crippen molar-refractivity contribution in [1.82, 2.24) is 14.8 Å². The summed E-state index contributed by atoms with van der Waals surface area (Å²) < 4.78 is 11.6. The van der Waals surface area contributed by atoms with E-state index >= 15 is 0 Å². The summed E-state index contributed by atoms with van der Waals surface area (Å²) in [6, 6.07) is 14.7. The monoisotopic (exact) mass is 323 g/mol. The van der Waals surface area contributed by atoms with E-state index < -0.39 is 0 Å². The lowest BCUT2D eigenvalue weighted by Crippen LogP contribution is -2.09. The Labute approximate surface area is 139 Å². The molecule has 0 aliphatic heterocycles. The molecule has 0 N–H and O–H groups in total. The van der Waals surface area contributed by atoms with E-state index in [1.807, 2.05) is 48.5 Å². The number of methoxy groups -OCH3 is 2. The zero-order valence-corrected chi connectivity index (χ0v) is 13.7. The maximum absolute atomic E-state index is 11.9. The molecule has 1 heterocycles. The molecule has 0 unspecified atom stereocenters. The van der Waals surface area contributed by atoms with E-state index in [1.54, 1.807) is 14.2 Å². The van der Waals surface area contributed by atoms with Crippen molar-refractivity contribution in [2.45, 2.75) is 6.92 Å². The predicted molar refractivity (Wildman–Crippen MR) is 90.3 cm³/mol. The minimum absolute atomic E-state index is 0.201. The van der Waals surface area contributed by atoms with E-state index in [1.165, 1.54) is 11.6 Å². The summed E-state index contributed by atoms with van der Waals surface area (Å²) in [5.74, 6) is 2.27. The minimum atomic E-state index is -0.201. The zero-order valence-electron chi connectivity index (χ0n) is 13.7. The van der Waals surface area contributed by atoms with Gasteiger partial charge in [0.2, 0.25) is 5.91 Å². The van der Waals surface area contributed by atoms with Crippen molar-refractivity contribution in [3.8, 4) is 34.3 Å². The first-order valence-electron chi connectivity index (χ1n) is 7.39. The molecule has 0 atom stereocenters. The van der Waals surface area contributed by atoms with Crippen molar-refractivity contribution in [3.05, 3.63) is 48.5 Å². The molecule has 0 fully saturated rings. The standard InChI is InChI=1S/C18H17N3O3/c1-12(22)21-18(14-6-10-16(24-3)11-7-14)19-17(20-21)13-4-8-15(23-2)9-5-13/h4-11H,1-3H3. The summed E-state index contributed by atoms with van der Waals surface area (Å²) in [6.45, 7) is 1.46. The molecule has 122 valence electrons. The number of aromatic nitrogens is 3.